The molecule has 1 aliphatic carbocycles. The molecule has 3 amide bonds. The fraction of sp³-hybridized carbons (Fsp3) is 0.897. The Morgan fingerprint density at radius 2 is 1.52 bits per heavy atom. The summed E-state index contributed by atoms with van der Waals surface area (Å²) in [5.41, 5.74) is -1.78. The summed E-state index contributed by atoms with van der Waals surface area (Å²) in [5.74, 6) is -0.206. The van der Waals surface area contributed by atoms with Crippen LogP contribution in [0.15, 0.2) is 0 Å². The summed E-state index contributed by atoms with van der Waals surface area (Å²) in [6.45, 7) is 10.7. The largest absolute Gasteiger partial charge is 0.468 e. The Morgan fingerprint density at radius 1 is 0.929 bits per heavy atom. The summed E-state index contributed by atoms with van der Waals surface area (Å²) < 4.78 is 44.4. The van der Waals surface area contributed by atoms with Gasteiger partial charge in [0.2, 0.25) is 10.0 Å². The predicted octanol–water partition coefficient (Wildman–Crippen LogP) is 3.40. The maximum atomic E-state index is 13.0. The number of carbonyl (C=O) groups excluding carboxylic acids is 3. The van der Waals surface area contributed by atoms with Crippen LogP contribution in [0, 0.1) is 5.92 Å². The van der Waals surface area contributed by atoms with Crippen molar-refractivity contribution >= 4 is 28.1 Å². The Labute approximate surface area is 251 Å². The zero-order valence-electron chi connectivity index (χ0n) is 26.1. The lowest BCUT2D eigenvalue weighted by atomic mass is 9.80. The molecule has 0 spiro atoms. The van der Waals surface area contributed by atoms with Gasteiger partial charge < -0.3 is 29.3 Å². The van der Waals surface area contributed by atoms with Gasteiger partial charge in [0.25, 0.3) is 0 Å². The summed E-state index contributed by atoms with van der Waals surface area (Å²) >= 11 is 0. The predicted molar refractivity (Wildman–Crippen MR) is 158 cm³/mol. The van der Waals surface area contributed by atoms with Crippen molar-refractivity contribution in [2.75, 3.05) is 45.6 Å². The highest BCUT2D eigenvalue weighted by atomic mass is 32.2. The number of hydrogen-bond acceptors (Lipinski definition) is 8. The van der Waals surface area contributed by atoms with Crippen LogP contribution in [0.5, 0.6) is 0 Å². The van der Waals surface area contributed by atoms with Crippen LogP contribution in [-0.2, 0) is 29.0 Å². The molecule has 0 radical (unpaired) electrons. The first-order valence-electron chi connectivity index (χ1n) is 15.5. The third-order valence-corrected chi connectivity index (χ3v) is 9.95. The molecule has 2 heterocycles. The number of hydrogen-bond donors (Lipinski definition) is 2. The third kappa shape index (κ3) is 10.3. The van der Waals surface area contributed by atoms with Crippen molar-refractivity contribution in [3.05, 3.63) is 0 Å². The van der Waals surface area contributed by atoms with Crippen LogP contribution in [0.25, 0.3) is 0 Å². The number of likely N-dealkylation sites (tertiary alicyclic amines) is 2. The molecule has 0 aromatic carbocycles. The molecular weight excluding hydrogens is 564 g/mol. The van der Waals surface area contributed by atoms with E-state index in [9.17, 15) is 22.8 Å². The van der Waals surface area contributed by atoms with Crippen molar-refractivity contribution < 1.29 is 37.0 Å². The highest BCUT2D eigenvalue weighted by Gasteiger charge is 2.46. The summed E-state index contributed by atoms with van der Waals surface area (Å²) in [6.07, 6.45) is 5.89. The van der Waals surface area contributed by atoms with Crippen molar-refractivity contribution in [1.82, 2.24) is 19.8 Å². The molecule has 1 saturated carbocycles. The van der Waals surface area contributed by atoms with Gasteiger partial charge >= 0.3 is 18.1 Å². The molecule has 242 valence electrons. The van der Waals surface area contributed by atoms with Gasteiger partial charge in [-0.15, -0.1) is 0 Å². The molecule has 3 aliphatic rings. The van der Waals surface area contributed by atoms with E-state index in [1.54, 1.807) is 9.80 Å². The molecule has 0 unspecified atom stereocenters. The van der Waals surface area contributed by atoms with Crippen LogP contribution in [0.1, 0.15) is 91.9 Å². The maximum Gasteiger partial charge on any atom is 0.410 e. The second kappa shape index (κ2) is 15.1. The van der Waals surface area contributed by atoms with E-state index in [0.717, 1.165) is 32.1 Å². The first kappa shape index (κ1) is 34.4. The second-order valence-electron chi connectivity index (χ2n) is 13.0. The normalized spacial score (nSPS) is 24.7. The second-order valence-corrected chi connectivity index (χ2v) is 14.8. The van der Waals surface area contributed by atoms with Crippen LogP contribution in [0.2, 0.25) is 0 Å². The Bertz CT molecular complexity index is 1010. The lowest BCUT2D eigenvalue weighted by Crippen LogP contribution is -2.59. The monoisotopic (exact) mass is 616 g/mol. The molecule has 2 aliphatic heterocycles. The summed E-state index contributed by atoms with van der Waals surface area (Å²) in [7, 11) is -2.36. The minimum atomic E-state index is -3.62. The van der Waals surface area contributed by atoms with E-state index in [1.807, 2.05) is 27.7 Å². The van der Waals surface area contributed by atoms with Crippen LogP contribution >= 0.6 is 0 Å². The Balaban J connectivity index is 1.37. The summed E-state index contributed by atoms with van der Waals surface area (Å²) in [6, 6.07) is -0.280. The van der Waals surface area contributed by atoms with Gasteiger partial charge in [-0.1, -0.05) is 13.3 Å². The molecule has 0 aromatic heterocycles. The van der Waals surface area contributed by atoms with E-state index in [1.165, 1.54) is 7.11 Å². The molecule has 3 fully saturated rings. The molecule has 42 heavy (non-hydrogen) atoms. The lowest BCUT2D eigenvalue weighted by molar-refractivity contribution is -0.149. The van der Waals surface area contributed by atoms with Gasteiger partial charge in [-0.2, -0.15) is 4.72 Å². The minimum Gasteiger partial charge on any atom is -0.468 e. The highest BCUT2D eigenvalue weighted by Crippen LogP contribution is 2.31. The summed E-state index contributed by atoms with van der Waals surface area (Å²) in [4.78, 5) is 41.4. The van der Waals surface area contributed by atoms with Crippen molar-refractivity contribution in [2.45, 2.75) is 115 Å². The highest BCUT2D eigenvalue weighted by molar-refractivity contribution is 7.89. The van der Waals surface area contributed by atoms with E-state index in [0.29, 0.717) is 58.0 Å². The van der Waals surface area contributed by atoms with Gasteiger partial charge in [0.15, 0.2) is 0 Å². The zero-order chi connectivity index (χ0) is 31.0. The third-order valence-electron chi connectivity index (χ3n) is 8.42. The van der Waals surface area contributed by atoms with Crippen LogP contribution in [0.3, 0.4) is 0 Å². The van der Waals surface area contributed by atoms with Crippen molar-refractivity contribution in [3.8, 4) is 0 Å². The van der Waals surface area contributed by atoms with E-state index >= 15 is 0 Å². The molecule has 0 atom stereocenters. The van der Waals surface area contributed by atoms with Gasteiger partial charge in [0, 0.05) is 38.8 Å². The fourth-order valence-corrected chi connectivity index (χ4v) is 7.51. The number of ether oxygens (including phenoxy) is 3. The molecule has 0 aromatic rings. The number of nitrogens with one attached hydrogen (secondary N) is 2. The summed E-state index contributed by atoms with van der Waals surface area (Å²) in [5, 5.41) is 3.08. The number of carbonyl (C=O) groups is 3. The number of amides is 3. The molecule has 3 rings (SSSR count). The number of piperidine rings is 2. The van der Waals surface area contributed by atoms with Crippen LogP contribution < -0.4 is 10.0 Å². The molecule has 2 N–H and O–H groups in total. The number of nitrogens with zero attached hydrogens (tertiary/aromatic N) is 2. The Morgan fingerprint density at radius 3 is 2.07 bits per heavy atom. The van der Waals surface area contributed by atoms with Crippen LogP contribution in [0.4, 0.5) is 9.59 Å². The Kier molecular flexibility index (Phi) is 12.3. The lowest BCUT2D eigenvalue weighted by Gasteiger charge is -2.39. The SMILES string of the molecule is CCCCS(=O)(=O)NC1(C(=O)OC)CCC(NC(=O)N2CCC(OCC3CCN(C(=O)OC(C)(C)C)CC3)CC2)CC1. The number of unbranched alkanes of at least 4 members (excludes halogenated alkanes) is 1. The first-order valence-corrected chi connectivity index (χ1v) is 17.2. The van der Waals surface area contributed by atoms with Crippen molar-refractivity contribution in [2.24, 2.45) is 5.92 Å². The van der Waals surface area contributed by atoms with Crippen LogP contribution in [-0.4, -0.2) is 105 Å². The average Bonchev–Trinajstić information content (AvgIpc) is 2.95. The van der Waals surface area contributed by atoms with Gasteiger partial charge in [0.05, 0.1) is 19.0 Å². The average molecular weight is 617 g/mol. The number of methoxy groups -OCH3 is 1. The maximum absolute atomic E-state index is 13.0. The van der Waals surface area contributed by atoms with E-state index in [2.05, 4.69) is 10.0 Å². The molecule has 2 saturated heterocycles. The minimum absolute atomic E-state index is 0.0323. The van der Waals surface area contributed by atoms with Crippen molar-refractivity contribution in [3.63, 3.8) is 0 Å². The fourth-order valence-electron chi connectivity index (χ4n) is 5.85. The van der Waals surface area contributed by atoms with E-state index in [4.69, 9.17) is 14.2 Å². The smallest absolute Gasteiger partial charge is 0.410 e. The van der Waals surface area contributed by atoms with Gasteiger partial charge in [-0.05, 0) is 84.5 Å². The number of urea groups is 1. The standard InChI is InChI=1S/C29H52N4O8S/c1-6-7-20-42(37,38)31-29(25(34)39-5)14-8-23(9-15-29)30-26(35)32-18-12-24(13-19-32)40-21-22-10-16-33(17-11-22)27(36)41-28(2,3)4/h22-24,31H,6-21H2,1-5H3,(H,30,35). The van der Waals surface area contributed by atoms with E-state index < -0.39 is 27.1 Å². The number of esters is 1. The molecule has 0 bridgehead atoms. The first-order chi connectivity index (χ1) is 19.8. The van der Waals surface area contributed by atoms with Gasteiger partial charge in [-0.3, -0.25) is 4.79 Å². The number of sulfonamides is 1. The topological polar surface area (TPSA) is 144 Å². The molecule has 13 heteroatoms. The number of rotatable bonds is 10. The quantitative estimate of drug-likeness (QED) is 0.356. The Hall–Kier alpha value is -2.12. The van der Waals surface area contributed by atoms with Gasteiger partial charge in [-0.25, -0.2) is 18.0 Å². The van der Waals surface area contributed by atoms with Crippen molar-refractivity contribution in [1.29, 1.82) is 0 Å². The van der Waals surface area contributed by atoms with Gasteiger partial charge in [0.1, 0.15) is 11.1 Å². The molecule has 12 nitrogen and oxygen atoms in total. The zero-order valence-corrected chi connectivity index (χ0v) is 26.9. The van der Waals surface area contributed by atoms with E-state index in [-0.39, 0.29) is 42.9 Å². The molecular formula is C29H52N4O8S.